The van der Waals surface area contributed by atoms with E-state index in [-0.39, 0.29) is 11.9 Å². The van der Waals surface area contributed by atoms with Gasteiger partial charge in [0.05, 0.1) is 0 Å². The largest absolute Gasteiger partial charge is 0.486 e. The van der Waals surface area contributed by atoms with Crippen molar-refractivity contribution in [1.29, 1.82) is 0 Å². The Bertz CT molecular complexity index is 472. The lowest BCUT2D eigenvalue weighted by Gasteiger charge is -2.20. The lowest BCUT2D eigenvalue weighted by Crippen LogP contribution is -2.20. The molecule has 0 saturated carbocycles. The summed E-state index contributed by atoms with van der Waals surface area (Å²) in [6.07, 6.45) is 1.10. The number of ether oxygens (including phenoxy) is 2. The molecule has 1 aromatic carbocycles. The summed E-state index contributed by atoms with van der Waals surface area (Å²) < 4.78 is 11.0. The van der Waals surface area contributed by atoms with Crippen molar-refractivity contribution in [1.82, 2.24) is 0 Å². The molecule has 5 nitrogen and oxygen atoms in total. The smallest absolute Gasteiger partial charge is 0.224 e. The number of fused-ring (bicyclic) bond motifs is 1. The van der Waals surface area contributed by atoms with Gasteiger partial charge in [-0.15, -0.1) is 0 Å². The summed E-state index contributed by atoms with van der Waals surface area (Å²) >= 11 is 0. The van der Waals surface area contributed by atoms with Crippen molar-refractivity contribution < 1.29 is 14.3 Å². The van der Waals surface area contributed by atoms with Gasteiger partial charge in [0.25, 0.3) is 0 Å². The number of aryl methyl sites for hydroxylation is 1. The predicted molar refractivity (Wildman–Crippen MR) is 73.7 cm³/mol. The topological polar surface area (TPSA) is 73.6 Å². The number of benzene rings is 1. The number of amides is 1. The Balaban J connectivity index is 2.05. The zero-order chi connectivity index (χ0) is 13.8. The second kappa shape index (κ2) is 5.93. The molecule has 0 saturated heterocycles. The molecule has 0 spiro atoms. The summed E-state index contributed by atoms with van der Waals surface area (Å²) in [5.41, 5.74) is 7.36. The van der Waals surface area contributed by atoms with E-state index in [1.165, 1.54) is 0 Å². The third kappa shape index (κ3) is 3.61. The monoisotopic (exact) mass is 264 g/mol. The molecule has 0 fully saturated rings. The Hall–Kier alpha value is -1.75. The average Bonchev–Trinajstić information content (AvgIpc) is 2.37. The number of nitrogens with one attached hydrogen (secondary N) is 1. The van der Waals surface area contributed by atoms with Crippen LogP contribution in [-0.4, -0.2) is 25.2 Å². The Labute approximate surface area is 113 Å². The van der Waals surface area contributed by atoms with E-state index in [0.717, 1.165) is 17.0 Å². The maximum atomic E-state index is 11.8. The summed E-state index contributed by atoms with van der Waals surface area (Å²) in [5.74, 6) is 1.38. The molecule has 1 heterocycles. The van der Waals surface area contributed by atoms with Gasteiger partial charge in [-0.05, 0) is 31.9 Å². The van der Waals surface area contributed by atoms with Gasteiger partial charge in [-0.1, -0.05) is 0 Å². The molecule has 0 radical (unpaired) electrons. The van der Waals surface area contributed by atoms with Crippen molar-refractivity contribution in [2.24, 2.45) is 5.73 Å². The van der Waals surface area contributed by atoms with Crippen LogP contribution >= 0.6 is 0 Å². The van der Waals surface area contributed by atoms with Gasteiger partial charge in [0.1, 0.15) is 13.2 Å². The Morgan fingerprint density at radius 2 is 2.00 bits per heavy atom. The van der Waals surface area contributed by atoms with Crippen LogP contribution in [0.1, 0.15) is 25.3 Å². The van der Waals surface area contributed by atoms with E-state index < -0.39 is 0 Å². The Kier molecular flexibility index (Phi) is 4.27. The number of carbonyl (C=O) groups is 1. The van der Waals surface area contributed by atoms with Gasteiger partial charge < -0.3 is 20.5 Å². The predicted octanol–water partition coefficient (Wildman–Crippen LogP) is 1.83. The minimum absolute atomic E-state index is 0.0305. The molecule has 0 aromatic heterocycles. The molecule has 1 amide bonds. The van der Waals surface area contributed by atoms with Crippen molar-refractivity contribution in [2.45, 2.75) is 32.7 Å². The molecule has 1 unspecified atom stereocenters. The summed E-state index contributed by atoms with van der Waals surface area (Å²) in [6.45, 7) is 4.92. The molecular formula is C14H20N2O3. The average molecular weight is 264 g/mol. The minimum Gasteiger partial charge on any atom is -0.486 e. The van der Waals surface area contributed by atoms with Crippen LogP contribution in [0, 0.1) is 6.92 Å². The third-order valence-electron chi connectivity index (χ3n) is 2.99. The molecule has 5 heteroatoms. The molecule has 1 aromatic rings. The van der Waals surface area contributed by atoms with Crippen LogP contribution in [0.3, 0.4) is 0 Å². The van der Waals surface area contributed by atoms with Crippen LogP contribution in [0.2, 0.25) is 0 Å². The van der Waals surface area contributed by atoms with E-state index in [0.29, 0.717) is 31.8 Å². The second-order valence-electron chi connectivity index (χ2n) is 4.87. The highest BCUT2D eigenvalue weighted by Gasteiger charge is 2.15. The zero-order valence-corrected chi connectivity index (χ0v) is 11.4. The third-order valence-corrected chi connectivity index (χ3v) is 2.99. The van der Waals surface area contributed by atoms with Crippen LogP contribution in [0.5, 0.6) is 11.5 Å². The highest BCUT2D eigenvalue weighted by atomic mass is 16.6. The quantitative estimate of drug-likeness (QED) is 0.870. The van der Waals surface area contributed by atoms with Crippen LogP contribution in [0.4, 0.5) is 5.69 Å². The zero-order valence-electron chi connectivity index (χ0n) is 11.4. The fourth-order valence-electron chi connectivity index (χ4n) is 1.90. The first-order chi connectivity index (χ1) is 9.06. The van der Waals surface area contributed by atoms with Crippen LogP contribution in [0.15, 0.2) is 12.1 Å². The number of carbonyl (C=O) groups excluding carboxylic acids is 1. The lowest BCUT2D eigenvalue weighted by molar-refractivity contribution is -0.116. The molecule has 0 aliphatic carbocycles. The molecule has 3 N–H and O–H groups in total. The SMILES string of the molecule is Cc1cc2c(cc1NC(=O)CCC(C)N)OCCO2. The summed E-state index contributed by atoms with van der Waals surface area (Å²) in [7, 11) is 0. The van der Waals surface area contributed by atoms with E-state index >= 15 is 0 Å². The van der Waals surface area contributed by atoms with Crippen LogP contribution < -0.4 is 20.5 Å². The van der Waals surface area contributed by atoms with E-state index in [1.807, 2.05) is 26.0 Å². The number of nitrogens with two attached hydrogens (primary N) is 1. The van der Waals surface area contributed by atoms with E-state index in [1.54, 1.807) is 0 Å². The number of hydrogen-bond donors (Lipinski definition) is 2. The lowest BCUT2D eigenvalue weighted by atomic mass is 10.1. The van der Waals surface area contributed by atoms with Gasteiger partial charge in [0.2, 0.25) is 5.91 Å². The highest BCUT2D eigenvalue weighted by molar-refractivity contribution is 5.92. The van der Waals surface area contributed by atoms with Gasteiger partial charge >= 0.3 is 0 Å². The number of anilines is 1. The first kappa shape index (κ1) is 13.7. The summed E-state index contributed by atoms with van der Waals surface area (Å²) in [5, 5.41) is 2.89. The van der Waals surface area contributed by atoms with Crippen molar-refractivity contribution in [2.75, 3.05) is 18.5 Å². The van der Waals surface area contributed by atoms with Gasteiger partial charge in [-0.2, -0.15) is 0 Å². The van der Waals surface area contributed by atoms with E-state index in [2.05, 4.69) is 5.32 Å². The van der Waals surface area contributed by atoms with Crippen molar-refractivity contribution in [3.05, 3.63) is 17.7 Å². The van der Waals surface area contributed by atoms with E-state index in [4.69, 9.17) is 15.2 Å². The molecule has 1 aliphatic rings. The maximum absolute atomic E-state index is 11.8. The number of rotatable bonds is 4. The van der Waals surface area contributed by atoms with Crippen molar-refractivity contribution in [3.8, 4) is 11.5 Å². The molecule has 1 atom stereocenters. The first-order valence-electron chi connectivity index (χ1n) is 6.52. The summed E-state index contributed by atoms with van der Waals surface area (Å²) in [4.78, 5) is 11.8. The molecule has 104 valence electrons. The molecular weight excluding hydrogens is 244 g/mol. The second-order valence-corrected chi connectivity index (χ2v) is 4.87. The molecule has 0 bridgehead atoms. The highest BCUT2D eigenvalue weighted by Crippen LogP contribution is 2.35. The van der Waals surface area contributed by atoms with Gasteiger partial charge in [-0.3, -0.25) is 4.79 Å². The van der Waals surface area contributed by atoms with Crippen LogP contribution in [-0.2, 0) is 4.79 Å². The van der Waals surface area contributed by atoms with Gasteiger partial charge in [0.15, 0.2) is 11.5 Å². The fraction of sp³-hybridized carbons (Fsp3) is 0.500. The van der Waals surface area contributed by atoms with Crippen molar-refractivity contribution in [3.63, 3.8) is 0 Å². The fourth-order valence-corrected chi connectivity index (χ4v) is 1.90. The van der Waals surface area contributed by atoms with Crippen molar-refractivity contribution >= 4 is 11.6 Å². The maximum Gasteiger partial charge on any atom is 0.224 e. The molecule has 1 aliphatic heterocycles. The van der Waals surface area contributed by atoms with Crippen LogP contribution in [0.25, 0.3) is 0 Å². The molecule has 19 heavy (non-hydrogen) atoms. The standard InChI is InChI=1S/C14H20N2O3/c1-9-7-12-13(19-6-5-18-12)8-11(9)16-14(17)4-3-10(2)15/h7-8,10H,3-6,15H2,1-2H3,(H,16,17). The minimum atomic E-state index is -0.0305. The first-order valence-corrected chi connectivity index (χ1v) is 6.52. The normalized spacial score (nSPS) is 14.9. The molecule has 2 rings (SSSR count). The Morgan fingerprint density at radius 3 is 2.63 bits per heavy atom. The Morgan fingerprint density at radius 1 is 1.37 bits per heavy atom. The number of hydrogen-bond acceptors (Lipinski definition) is 4. The summed E-state index contributed by atoms with van der Waals surface area (Å²) in [6, 6.07) is 3.73. The van der Waals surface area contributed by atoms with Gasteiger partial charge in [0, 0.05) is 24.2 Å². The van der Waals surface area contributed by atoms with E-state index in [9.17, 15) is 4.79 Å². The van der Waals surface area contributed by atoms with Gasteiger partial charge in [-0.25, -0.2) is 0 Å².